The predicted molar refractivity (Wildman–Crippen MR) is 72.2 cm³/mol. The van der Waals surface area contributed by atoms with Crippen molar-refractivity contribution in [2.45, 2.75) is 6.54 Å². The Kier molecular flexibility index (Phi) is 3.91. The Hall–Kier alpha value is -1.92. The number of nitrogens with zero attached hydrogens (tertiary/aromatic N) is 2. The minimum Gasteiger partial charge on any atom is -0.337 e. The first-order valence-corrected chi connectivity index (χ1v) is 6.34. The quantitative estimate of drug-likeness (QED) is 0.650. The second-order valence-electron chi connectivity index (χ2n) is 3.87. The molecule has 0 aliphatic heterocycles. The normalized spacial score (nSPS) is 10.1. The summed E-state index contributed by atoms with van der Waals surface area (Å²) in [5.74, 6) is 5.70. The number of hydrogen-bond acceptors (Lipinski definition) is 5. The van der Waals surface area contributed by atoms with Gasteiger partial charge in [-0.1, -0.05) is 0 Å². The summed E-state index contributed by atoms with van der Waals surface area (Å²) < 4.78 is 0. The number of carbonyl (C=O) groups is 1. The molecule has 2 aromatic rings. The van der Waals surface area contributed by atoms with Crippen molar-refractivity contribution in [3.05, 3.63) is 46.3 Å². The van der Waals surface area contributed by atoms with Gasteiger partial charge in [0, 0.05) is 19.8 Å². The molecule has 2 rings (SSSR count). The van der Waals surface area contributed by atoms with Gasteiger partial charge < -0.3 is 10.3 Å². The summed E-state index contributed by atoms with van der Waals surface area (Å²) in [5, 5.41) is 4.03. The van der Waals surface area contributed by atoms with Crippen LogP contribution in [0.3, 0.4) is 0 Å². The molecule has 2 heterocycles. The zero-order chi connectivity index (χ0) is 13.0. The first kappa shape index (κ1) is 12.5. The van der Waals surface area contributed by atoms with Gasteiger partial charge in [-0.25, -0.2) is 10.8 Å². The van der Waals surface area contributed by atoms with Gasteiger partial charge in [-0.15, -0.1) is 0 Å². The molecular weight excluding hydrogens is 248 g/mol. The summed E-state index contributed by atoms with van der Waals surface area (Å²) in [6.45, 7) is 0.596. The maximum Gasteiger partial charge on any atom is 0.255 e. The summed E-state index contributed by atoms with van der Waals surface area (Å²) in [7, 11) is 1.77. The Morgan fingerprint density at radius 1 is 1.50 bits per heavy atom. The number of nitrogens with one attached hydrogen (secondary N) is 1. The highest BCUT2D eigenvalue weighted by Crippen LogP contribution is 2.11. The zero-order valence-corrected chi connectivity index (χ0v) is 10.8. The number of anilines is 1. The van der Waals surface area contributed by atoms with E-state index in [1.165, 1.54) is 6.20 Å². The summed E-state index contributed by atoms with van der Waals surface area (Å²) in [6.07, 6.45) is 1.52. The summed E-state index contributed by atoms with van der Waals surface area (Å²) in [6, 6.07) is 5.38. The molecule has 0 spiro atoms. The Morgan fingerprint density at radius 2 is 2.33 bits per heavy atom. The Morgan fingerprint density at radius 3 is 2.89 bits per heavy atom. The third-order valence-electron chi connectivity index (χ3n) is 2.50. The van der Waals surface area contributed by atoms with Crippen LogP contribution in [0.5, 0.6) is 0 Å². The number of nitrogen functional groups attached to an aromatic ring is 1. The van der Waals surface area contributed by atoms with Crippen LogP contribution in [0.25, 0.3) is 0 Å². The number of carbonyl (C=O) groups excluding carboxylic acids is 1. The van der Waals surface area contributed by atoms with Crippen LogP contribution in [-0.4, -0.2) is 22.8 Å². The summed E-state index contributed by atoms with van der Waals surface area (Å²) in [5.41, 5.74) is 4.10. The van der Waals surface area contributed by atoms with Crippen molar-refractivity contribution >= 4 is 23.1 Å². The van der Waals surface area contributed by atoms with Crippen molar-refractivity contribution in [2.24, 2.45) is 5.84 Å². The topological polar surface area (TPSA) is 71.2 Å². The van der Waals surface area contributed by atoms with E-state index in [0.29, 0.717) is 17.9 Å². The largest absolute Gasteiger partial charge is 0.337 e. The van der Waals surface area contributed by atoms with Crippen molar-refractivity contribution in [3.8, 4) is 0 Å². The van der Waals surface area contributed by atoms with E-state index in [1.54, 1.807) is 35.4 Å². The minimum atomic E-state index is -0.0581. The van der Waals surface area contributed by atoms with Gasteiger partial charge >= 0.3 is 0 Å². The molecule has 0 bridgehead atoms. The number of pyridine rings is 1. The first-order chi connectivity index (χ1) is 8.70. The summed E-state index contributed by atoms with van der Waals surface area (Å²) >= 11 is 1.62. The molecule has 18 heavy (non-hydrogen) atoms. The lowest BCUT2D eigenvalue weighted by Crippen LogP contribution is -2.26. The average molecular weight is 262 g/mol. The Balaban J connectivity index is 2.05. The molecule has 0 fully saturated rings. The van der Waals surface area contributed by atoms with Crippen molar-refractivity contribution in [1.29, 1.82) is 0 Å². The molecule has 0 saturated carbocycles. The second-order valence-corrected chi connectivity index (χ2v) is 4.65. The third kappa shape index (κ3) is 2.85. The molecule has 94 valence electrons. The van der Waals surface area contributed by atoms with Gasteiger partial charge in [0.25, 0.3) is 5.91 Å². The standard InChI is InChI=1S/C12H14N4OS/c1-16(7-9-4-5-18-8-9)12(17)10-2-3-11(15-13)14-6-10/h2-6,8H,7,13H2,1H3,(H,14,15). The van der Waals surface area contributed by atoms with Gasteiger partial charge in [0.1, 0.15) is 5.82 Å². The molecule has 2 aromatic heterocycles. The fraction of sp³-hybridized carbons (Fsp3) is 0.167. The number of aromatic nitrogens is 1. The lowest BCUT2D eigenvalue weighted by atomic mass is 10.2. The van der Waals surface area contributed by atoms with Gasteiger partial charge in [0.05, 0.1) is 5.56 Å². The Labute approximate surface area is 109 Å². The second kappa shape index (κ2) is 5.61. The molecule has 3 N–H and O–H groups in total. The number of rotatable bonds is 4. The molecular formula is C12H14N4OS. The van der Waals surface area contributed by atoms with Crippen LogP contribution in [0.4, 0.5) is 5.82 Å². The zero-order valence-electron chi connectivity index (χ0n) is 9.96. The van der Waals surface area contributed by atoms with Crippen LogP contribution in [0.2, 0.25) is 0 Å². The van der Waals surface area contributed by atoms with Crippen LogP contribution in [0, 0.1) is 0 Å². The molecule has 0 saturated heterocycles. The fourth-order valence-electron chi connectivity index (χ4n) is 1.55. The maximum atomic E-state index is 12.1. The van der Waals surface area contributed by atoms with E-state index in [0.717, 1.165) is 5.56 Å². The van der Waals surface area contributed by atoms with Crippen molar-refractivity contribution in [2.75, 3.05) is 12.5 Å². The van der Waals surface area contributed by atoms with Crippen LogP contribution >= 0.6 is 11.3 Å². The van der Waals surface area contributed by atoms with Gasteiger partial charge in [-0.05, 0) is 34.5 Å². The molecule has 0 aromatic carbocycles. The molecule has 0 atom stereocenters. The van der Waals surface area contributed by atoms with Crippen LogP contribution < -0.4 is 11.3 Å². The highest BCUT2D eigenvalue weighted by atomic mass is 32.1. The highest BCUT2D eigenvalue weighted by Gasteiger charge is 2.12. The van der Waals surface area contributed by atoms with E-state index in [9.17, 15) is 4.79 Å². The number of hydrazine groups is 1. The van der Waals surface area contributed by atoms with Gasteiger partial charge in [-0.3, -0.25) is 4.79 Å². The molecule has 0 aliphatic carbocycles. The van der Waals surface area contributed by atoms with Gasteiger partial charge in [-0.2, -0.15) is 11.3 Å². The van der Waals surface area contributed by atoms with E-state index in [1.807, 2.05) is 16.8 Å². The third-order valence-corrected chi connectivity index (χ3v) is 3.24. The molecule has 6 heteroatoms. The monoisotopic (exact) mass is 262 g/mol. The smallest absolute Gasteiger partial charge is 0.255 e. The molecule has 5 nitrogen and oxygen atoms in total. The van der Waals surface area contributed by atoms with E-state index in [2.05, 4.69) is 10.4 Å². The van der Waals surface area contributed by atoms with Crippen LogP contribution in [0.15, 0.2) is 35.2 Å². The van der Waals surface area contributed by atoms with Gasteiger partial charge in [0.2, 0.25) is 0 Å². The average Bonchev–Trinajstić information content (AvgIpc) is 2.91. The SMILES string of the molecule is CN(Cc1ccsc1)C(=O)c1ccc(NN)nc1. The first-order valence-electron chi connectivity index (χ1n) is 5.40. The fourth-order valence-corrected chi connectivity index (χ4v) is 2.21. The molecule has 0 unspecified atom stereocenters. The molecule has 0 aliphatic rings. The molecule has 0 radical (unpaired) electrons. The number of amides is 1. The lowest BCUT2D eigenvalue weighted by molar-refractivity contribution is 0.0785. The molecule has 1 amide bonds. The Bertz CT molecular complexity index is 509. The van der Waals surface area contributed by atoms with Gasteiger partial charge in [0.15, 0.2) is 0 Å². The van der Waals surface area contributed by atoms with Crippen molar-refractivity contribution in [1.82, 2.24) is 9.88 Å². The number of hydrogen-bond donors (Lipinski definition) is 2. The van der Waals surface area contributed by atoms with Crippen molar-refractivity contribution < 1.29 is 4.79 Å². The highest BCUT2D eigenvalue weighted by molar-refractivity contribution is 7.07. The van der Waals surface area contributed by atoms with Crippen molar-refractivity contribution in [3.63, 3.8) is 0 Å². The predicted octanol–water partition coefficient (Wildman–Crippen LogP) is 1.70. The van der Waals surface area contributed by atoms with E-state index in [-0.39, 0.29) is 5.91 Å². The number of thiophene rings is 1. The van der Waals surface area contributed by atoms with E-state index < -0.39 is 0 Å². The lowest BCUT2D eigenvalue weighted by Gasteiger charge is -2.16. The maximum absolute atomic E-state index is 12.1. The summed E-state index contributed by atoms with van der Waals surface area (Å²) in [4.78, 5) is 17.8. The minimum absolute atomic E-state index is 0.0581. The van der Waals surface area contributed by atoms with E-state index in [4.69, 9.17) is 5.84 Å². The van der Waals surface area contributed by atoms with E-state index >= 15 is 0 Å². The van der Waals surface area contributed by atoms with Crippen LogP contribution in [0.1, 0.15) is 15.9 Å². The van der Waals surface area contributed by atoms with Crippen LogP contribution in [-0.2, 0) is 6.54 Å². The number of nitrogens with two attached hydrogens (primary N) is 1.